The highest BCUT2D eigenvalue weighted by Crippen LogP contribution is 2.21. The molecule has 1 aliphatic heterocycles. The van der Waals surface area contributed by atoms with Crippen molar-refractivity contribution in [3.63, 3.8) is 0 Å². The van der Waals surface area contributed by atoms with E-state index < -0.39 is 10.2 Å². The molecule has 1 heterocycles. The van der Waals surface area contributed by atoms with Crippen molar-refractivity contribution in [2.45, 2.75) is 26.3 Å². The fraction of sp³-hybridized carbons (Fsp3) is 1.00. The zero-order chi connectivity index (χ0) is 12.3. The average Bonchev–Trinajstić information content (AvgIpc) is 2.66. The van der Waals surface area contributed by atoms with E-state index in [-0.39, 0.29) is 6.04 Å². The van der Waals surface area contributed by atoms with Crippen LogP contribution in [0.5, 0.6) is 0 Å². The lowest BCUT2D eigenvalue weighted by atomic mass is 10.1. The molecule has 0 aliphatic carbocycles. The van der Waals surface area contributed by atoms with Gasteiger partial charge in [-0.1, -0.05) is 0 Å². The van der Waals surface area contributed by atoms with Gasteiger partial charge in [-0.15, -0.1) is 0 Å². The van der Waals surface area contributed by atoms with Crippen LogP contribution in [0.15, 0.2) is 0 Å². The average molecular weight is 249 g/mol. The normalized spacial score (nSPS) is 23.5. The Hall–Kier alpha value is -0.170. The fourth-order valence-corrected chi connectivity index (χ4v) is 3.54. The number of nitrogens with zero attached hydrogens (tertiary/aromatic N) is 2. The second-order valence-corrected chi connectivity index (χ2v) is 6.68. The molecule has 1 atom stereocenters. The molecule has 0 aromatic carbocycles. The van der Waals surface area contributed by atoms with E-state index in [1.807, 2.05) is 20.9 Å². The van der Waals surface area contributed by atoms with Gasteiger partial charge in [-0.25, -0.2) is 0 Å². The Morgan fingerprint density at radius 3 is 2.62 bits per heavy atom. The van der Waals surface area contributed by atoms with Gasteiger partial charge in [0.2, 0.25) is 0 Å². The second-order valence-electron chi connectivity index (χ2n) is 4.69. The van der Waals surface area contributed by atoms with Crippen LogP contribution in [0.3, 0.4) is 0 Å². The van der Waals surface area contributed by atoms with Crippen LogP contribution in [0.25, 0.3) is 0 Å². The van der Waals surface area contributed by atoms with Crippen molar-refractivity contribution in [2.24, 2.45) is 5.92 Å². The molecule has 96 valence electrons. The maximum atomic E-state index is 12.2. The minimum Gasteiger partial charge on any atom is -0.319 e. The molecule has 0 aromatic rings. The van der Waals surface area contributed by atoms with E-state index in [1.165, 1.54) is 4.31 Å². The largest absolute Gasteiger partial charge is 0.319 e. The zero-order valence-electron chi connectivity index (χ0n) is 10.6. The maximum Gasteiger partial charge on any atom is 0.281 e. The summed E-state index contributed by atoms with van der Waals surface area (Å²) in [4.78, 5) is 0. The van der Waals surface area contributed by atoms with Gasteiger partial charge >= 0.3 is 0 Å². The lowest BCUT2D eigenvalue weighted by molar-refractivity contribution is 0.353. The SMILES string of the molecule is CNCC1CCN(S(=O)(=O)N(C)C(C)C)C1. The van der Waals surface area contributed by atoms with Gasteiger partial charge in [0.05, 0.1) is 0 Å². The van der Waals surface area contributed by atoms with E-state index in [0.717, 1.165) is 13.0 Å². The lowest BCUT2D eigenvalue weighted by Crippen LogP contribution is -2.44. The Morgan fingerprint density at radius 1 is 1.50 bits per heavy atom. The van der Waals surface area contributed by atoms with Crippen LogP contribution in [-0.4, -0.2) is 56.8 Å². The molecule has 0 radical (unpaired) electrons. The summed E-state index contributed by atoms with van der Waals surface area (Å²) in [6.45, 7) is 5.95. The summed E-state index contributed by atoms with van der Waals surface area (Å²) in [5, 5.41) is 3.10. The molecule has 0 aromatic heterocycles. The van der Waals surface area contributed by atoms with Crippen molar-refractivity contribution < 1.29 is 8.42 Å². The Morgan fingerprint density at radius 2 is 2.12 bits per heavy atom. The first-order valence-corrected chi connectivity index (χ1v) is 7.17. The van der Waals surface area contributed by atoms with E-state index in [9.17, 15) is 8.42 Å². The van der Waals surface area contributed by atoms with E-state index in [1.54, 1.807) is 11.4 Å². The van der Waals surface area contributed by atoms with Crippen LogP contribution in [-0.2, 0) is 10.2 Å². The van der Waals surface area contributed by atoms with Gasteiger partial charge < -0.3 is 5.32 Å². The van der Waals surface area contributed by atoms with Gasteiger partial charge in [0.1, 0.15) is 0 Å². The molecule has 0 bridgehead atoms. The lowest BCUT2D eigenvalue weighted by Gasteiger charge is -2.26. The van der Waals surface area contributed by atoms with Crippen molar-refractivity contribution in [3.8, 4) is 0 Å². The Balaban J connectivity index is 2.65. The summed E-state index contributed by atoms with van der Waals surface area (Å²) < 4.78 is 27.3. The van der Waals surface area contributed by atoms with E-state index in [4.69, 9.17) is 0 Å². The van der Waals surface area contributed by atoms with Gasteiger partial charge in [0, 0.05) is 26.2 Å². The monoisotopic (exact) mass is 249 g/mol. The Labute approximate surface area is 99.0 Å². The first kappa shape index (κ1) is 13.9. The summed E-state index contributed by atoms with van der Waals surface area (Å²) in [7, 11) is 0.294. The molecule has 1 saturated heterocycles. The van der Waals surface area contributed by atoms with Crippen molar-refractivity contribution in [3.05, 3.63) is 0 Å². The molecule has 16 heavy (non-hydrogen) atoms. The highest BCUT2D eigenvalue weighted by atomic mass is 32.2. The minimum absolute atomic E-state index is 0.00773. The summed E-state index contributed by atoms with van der Waals surface area (Å²) in [6, 6.07) is 0.00773. The standard InChI is InChI=1S/C10H23N3O2S/c1-9(2)12(4)16(14,15)13-6-5-10(8-13)7-11-3/h9-11H,5-8H2,1-4H3. The third-order valence-electron chi connectivity index (χ3n) is 3.16. The van der Waals surface area contributed by atoms with Crippen molar-refractivity contribution >= 4 is 10.2 Å². The van der Waals surface area contributed by atoms with Crippen LogP contribution < -0.4 is 5.32 Å². The van der Waals surface area contributed by atoms with Gasteiger partial charge in [-0.2, -0.15) is 17.0 Å². The topological polar surface area (TPSA) is 52.7 Å². The van der Waals surface area contributed by atoms with E-state index in [0.29, 0.717) is 19.0 Å². The van der Waals surface area contributed by atoms with Gasteiger partial charge in [0.25, 0.3) is 10.2 Å². The number of rotatable bonds is 5. The van der Waals surface area contributed by atoms with Crippen LogP contribution in [0.4, 0.5) is 0 Å². The minimum atomic E-state index is -3.25. The van der Waals surface area contributed by atoms with Gasteiger partial charge in [0.15, 0.2) is 0 Å². The second kappa shape index (κ2) is 5.44. The van der Waals surface area contributed by atoms with Crippen LogP contribution >= 0.6 is 0 Å². The first-order chi connectivity index (χ1) is 7.39. The molecule has 0 amide bonds. The van der Waals surface area contributed by atoms with Gasteiger partial charge in [-0.05, 0) is 39.8 Å². The molecule has 1 rings (SSSR count). The summed E-state index contributed by atoms with van der Waals surface area (Å²) in [5.74, 6) is 0.445. The molecule has 0 spiro atoms. The molecule has 1 fully saturated rings. The van der Waals surface area contributed by atoms with Gasteiger partial charge in [-0.3, -0.25) is 0 Å². The summed E-state index contributed by atoms with van der Waals surface area (Å²) >= 11 is 0. The molecular weight excluding hydrogens is 226 g/mol. The maximum absolute atomic E-state index is 12.2. The zero-order valence-corrected chi connectivity index (χ0v) is 11.4. The Bertz CT molecular complexity index is 316. The van der Waals surface area contributed by atoms with Crippen LogP contribution in [0, 0.1) is 5.92 Å². The summed E-state index contributed by atoms with van der Waals surface area (Å²) in [6.07, 6.45) is 0.950. The molecule has 1 N–H and O–H groups in total. The molecule has 1 unspecified atom stereocenters. The van der Waals surface area contributed by atoms with E-state index in [2.05, 4.69) is 5.32 Å². The Kier molecular flexibility index (Phi) is 4.73. The van der Waals surface area contributed by atoms with Crippen molar-refractivity contribution in [1.29, 1.82) is 0 Å². The van der Waals surface area contributed by atoms with Crippen molar-refractivity contribution in [2.75, 3.05) is 33.7 Å². The number of hydrogen-bond donors (Lipinski definition) is 1. The summed E-state index contributed by atoms with van der Waals surface area (Å²) in [5.41, 5.74) is 0. The van der Waals surface area contributed by atoms with Crippen LogP contribution in [0.2, 0.25) is 0 Å². The molecule has 6 heteroatoms. The predicted molar refractivity (Wildman–Crippen MR) is 65.4 cm³/mol. The molecular formula is C10H23N3O2S. The highest BCUT2D eigenvalue weighted by Gasteiger charge is 2.34. The van der Waals surface area contributed by atoms with Crippen LogP contribution in [0.1, 0.15) is 20.3 Å². The predicted octanol–water partition coefficient (Wildman–Crippen LogP) is 0.113. The number of hydrogen-bond acceptors (Lipinski definition) is 3. The quantitative estimate of drug-likeness (QED) is 0.752. The highest BCUT2D eigenvalue weighted by molar-refractivity contribution is 7.86. The molecule has 0 saturated carbocycles. The third kappa shape index (κ3) is 2.94. The van der Waals surface area contributed by atoms with E-state index >= 15 is 0 Å². The molecule has 5 nitrogen and oxygen atoms in total. The first-order valence-electron chi connectivity index (χ1n) is 5.77. The van der Waals surface area contributed by atoms with Crippen molar-refractivity contribution in [1.82, 2.24) is 13.9 Å². The fourth-order valence-electron chi connectivity index (χ4n) is 1.91. The third-order valence-corrected chi connectivity index (χ3v) is 5.29. The molecule has 1 aliphatic rings. The smallest absolute Gasteiger partial charge is 0.281 e. The number of nitrogens with one attached hydrogen (secondary N) is 1.